The maximum atomic E-state index is 11.8. The summed E-state index contributed by atoms with van der Waals surface area (Å²) in [5, 5.41) is 11.8. The van der Waals surface area contributed by atoms with E-state index in [1.54, 1.807) is 24.3 Å². The highest BCUT2D eigenvalue weighted by atomic mass is 16.4. The van der Waals surface area contributed by atoms with E-state index in [0.717, 1.165) is 24.9 Å². The van der Waals surface area contributed by atoms with E-state index in [2.05, 4.69) is 17.1 Å². The van der Waals surface area contributed by atoms with Crippen LogP contribution in [0.15, 0.2) is 24.3 Å². The van der Waals surface area contributed by atoms with Gasteiger partial charge in [-0.15, -0.1) is 0 Å². The van der Waals surface area contributed by atoms with Crippen molar-refractivity contribution < 1.29 is 14.7 Å². The standard InChI is InChI=1S/C16H24N2O3/c1-3-9-17-15(19)12-18(10-4-2)11-13-5-7-14(8-6-13)16(20)21/h5-8H,3-4,9-12H2,1-2H3,(H,17,19)(H,20,21). The maximum Gasteiger partial charge on any atom is 0.335 e. The van der Waals surface area contributed by atoms with E-state index in [9.17, 15) is 9.59 Å². The van der Waals surface area contributed by atoms with E-state index in [-0.39, 0.29) is 11.5 Å². The van der Waals surface area contributed by atoms with Crippen molar-refractivity contribution in [2.24, 2.45) is 0 Å². The topological polar surface area (TPSA) is 69.6 Å². The van der Waals surface area contributed by atoms with Crippen LogP contribution in [0.3, 0.4) is 0 Å². The van der Waals surface area contributed by atoms with Crippen LogP contribution in [0.25, 0.3) is 0 Å². The molecule has 1 amide bonds. The average molecular weight is 292 g/mol. The third-order valence-corrected chi connectivity index (χ3v) is 3.09. The van der Waals surface area contributed by atoms with Crippen LogP contribution in [0, 0.1) is 0 Å². The van der Waals surface area contributed by atoms with Crippen molar-refractivity contribution in [2.75, 3.05) is 19.6 Å². The molecule has 0 atom stereocenters. The minimum atomic E-state index is -0.925. The summed E-state index contributed by atoms with van der Waals surface area (Å²) in [5.41, 5.74) is 1.29. The smallest absolute Gasteiger partial charge is 0.335 e. The summed E-state index contributed by atoms with van der Waals surface area (Å²) in [6, 6.07) is 6.80. The molecule has 5 heteroatoms. The van der Waals surface area contributed by atoms with E-state index in [1.807, 2.05) is 6.92 Å². The molecule has 21 heavy (non-hydrogen) atoms. The van der Waals surface area contributed by atoms with Crippen LogP contribution in [-0.4, -0.2) is 41.5 Å². The molecule has 116 valence electrons. The van der Waals surface area contributed by atoms with E-state index in [1.165, 1.54) is 0 Å². The fraction of sp³-hybridized carbons (Fsp3) is 0.500. The number of carboxylic acid groups (broad SMARTS) is 1. The first-order valence-electron chi connectivity index (χ1n) is 7.38. The fourth-order valence-corrected chi connectivity index (χ4v) is 2.06. The number of amides is 1. The van der Waals surface area contributed by atoms with E-state index in [4.69, 9.17) is 5.11 Å². The molecular formula is C16H24N2O3. The lowest BCUT2D eigenvalue weighted by atomic mass is 10.1. The largest absolute Gasteiger partial charge is 0.478 e. The molecule has 0 heterocycles. The summed E-state index contributed by atoms with van der Waals surface area (Å²) in [5.74, 6) is -0.890. The second-order valence-corrected chi connectivity index (χ2v) is 5.06. The number of carboxylic acids is 1. The number of hydrogen-bond donors (Lipinski definition) is 2. The molecule has 0 unspecified atom stereocenters. The lowest BCUT2D eigenvalue weighted by Gasteiger charge is -2.21. The van der Waals surface area contributed by atoms with Gasteiger partial charge in [0.15, 0.2) is 0 Å². The monoisotopic (exact) mass is 292 g/mol. The van der Waals surface area contributed by atoms with Crippen LogP contribution in [0.4, 0.5) is 0 Å². The number of nitrogens with zero attached hydrogens (tertiary/aromatic N) is 1. The van der Waals surface area contributed by atoms with Crippen LogP contribution < -0.4 is 5.32 Å². The molecule has 5 nitrogen and oxygen atoms in total. The summed E-state index contributed by atoms with van der Waals surface area (Å²) in [7, 11) is 0. The van der Waals surface area contributed by atoms with Gasteiger partial charge >= 0.3 is 5.97 Å². The van der Waals surface area contributed by atoms with Gasteiger partial charge in [-0.2, -0.15) is 0 Å². The van der Waals surface area contributed by atoms with Gasteiger partial charge < -0.3 is 10.4 Å². The van der Waals surface area contributed by atoms with Crippen molar-refractivity contribution >= 4 is 11.9 Å². The molecule has 2 N–H and O–H groups in total. The summed E-state index contributed by atoms with van der Waals surface area (Å²) >= 11 is 0. The van der Waals surface area contributed by atoms with Gasteiger partial charge in [0.25, 0.3) is 0 Å². The van der Waals surface area contributed by atoms with Gasteiger partial charge in [-0.05, 0) is 37.1 Å². The Morgan fingerprint density at radius 2 is 1.81 bits per heavy atom. The Bertz CT molecular complexity index is 457. The van der Waals surface area contributed by atoms with Crippen molar-refractivity contribution in [3.8, 4) is 0 Å². The zero-order valence-electron chi connectivity index (χ0n) is 12.8. The number of aromatic carboxylic acids is 1. The van der Waals surface area contributed by atoms with Gasteiger partial charge in [0.2, 0.25) is 5.91 Å². The van der Waals surface area contributed by atoms with Crippen molar-refractivity contribution in [2.45, 2.75) is 33.2 Å². The molecule has 1 aromatic rings. The Morgan fingerprint density at radius 1 is 1.14 bits per heavy atom. The Labute approximate surface area is 126 Å². The molecule has 0 aromatic heterocycles. The average Bonchev–Trinajstić information content (AvgIpc) is 2.46. The zero-order chi connectivity index (χ0) is 15.7. The van der Waals surface area contributed by atoms with Gasteiger partial charge in [0.1, 0.15) is 0 Å². The van der Waals surface area contributed by atoms with Crippen LogP contribution in [0.1, 0.15) is 42.6 Å². The van der Waals surface area contributed by atoms with Gasteiger partial charge in [0.05, 0.1) is 12.1 Å². The molecule has 0 aliphatic heterocycles. The highest BCUT2D eigenvalue weighted by Gasteiger charge is 2.10. The number of benzene rings is 1. The number of hydrogen-bond acceptors (Lipinski definition) is 3. The van der Waals surface area contributed by atoms with Gasteiger partial charge in [-0.3, -0.25) is 9.69 Å². The molecule has 0 saturated heterocycles. The number of nitrogens with one attached hydrogen (secondary N) is 1. The first-order valence-corrected chi connectivity index (χ1v) is 7.38. The van der Waals surface area contributed by atoms with E-state index in [0.29, 0.717) is 19.6 Å². The Balaban J connectivity index is 2.60. The van der Waals surface area contributed by atoms with Crippen molar-refractivity contribution in [1.29, 1.82) is 0 Å². The summed E-state index contributed by atoms with van der Waals surface area (Å²) in [6.07, 6.45) is 1.89. The van der Waals surface area contributed by atoms with Crippen LogP contribution in [-0.2, 0) is 11.3 Å². The third-order valence-electron chi connectivity index (χ3n) is 3.09. The lowest BCUT2D eigenvalue weighted by Crippen LogP contribution is -2.37. The molecule has 0 spiro atoms. The third kappa shape index (κ3) is 6.40. The summed E-state index contributed by atoms with van der Waals surface area (Å²) in [6.45, 7) is 6.65. The van der Waals surface area contributed by atoms with E-state index >= 15 is 0 Å². The Hall–Kier alpha value is -1.88. The van der Waals surface area contributed by atoms with Crippen LogP contribution in [0.5, 0.6) is 0 Å². The second kappa shape index (κ2) is 9.13. The predicted octanol–water partition coefficient (Wildman–Crippen LogP) is 2.12. The van der Waals surface area contributed by atoms with E-state index < -0.39 is 5.97 Å². The first-order chi connectivity index (χ1) is 10.1. The first kappa shape index (κ1) is 17.2. The predicted molar refractivity (Wildman–Crippen MR) is 82.3 cm³/mol. The number of carbonyl (C=O) groups excluding carboxylic acids is 1. The quantitative estimate of drug-likeness (QED) is 0.731. The summed E-state index contributed by atoms with van der Waals surface area (Å²) < 4.78 is 0. The number of rotatable bonds is 9. The molecule has 0 bridgehead atoms. The van der Waals surface area contributed by atoms with Crippen molar-refractivity contribution in [1.82, 2.24) is 10.2 Å². The normalized spacial score (nSPS) is 10.6. The number of carbonyl (C=O) groups is 2. The van der Waals surface area contributed by atoms with Crippen LogP contribution in [0.2, 0.25) is 0 Å². The molecule has 1 aromatic carbocycles. The zero-order valence-corrected chi connectivity index (χ0v) is 12.8. The van der Waals surface area contributed by atoms with Crippen LogP contribution >= 0.6 is 0 Å². The minimum absolute atomic E-state index is 0.0347. The highest BCUT2D eigenvalue weighted by molar-refractivity contribution is 5.87. The lowest BCUT2D eigenvalue weighted by molar-refractivity contribution is -0.122. The molecule has 1 rings (SSSR count). The van der Waals surface area contributed by atoms with Crippen molar-refractivity contribution in [3.63, 3.8) is 0 Å². The molecule has 0 fully saturated rings. The molecule has 0 aliphatic rings. The molecular weight excluding hydrogens is 268 g/mol. The molecule has 0 radical (unpaired) electrons. The fourth-order valence-electron chi connectivity index (χ4n) is 2.06. The minimum Gasteiger partial charge on any atom is -0.478 e. The molecule has 0 aliphatic carbocycles. The summed E-state index contributed by atoms with van der Waals surface area (Å²) in [4.78, 5) is 24.7. The second-order valence-electron chi connectivity index (χ2n) is 5.06. The Morgan fingerprint density at radius 3 is 2.33 bits per heavy atom. The van der Waals surface area contributed by atoms with Gasteiger partial charge in [0, 0.05) is 13.1 Å². The SMILES string of the molecule is CCCNC(=O)CN(CCC)Cc1ccc(C(=O)O)cc1. The van der Waals surface area contributed by atoms with Crippen molar-refractivity contribution in [3.05, 3.63) is 35.4 Å². The van der Waals surface area contributed by atoms with Gasteiger partial charge in [-0.1, -0.05) is 26.0 Å². The maximum absolute atomic E-state index is 11.8. The highest BCUT2D eigenvalue weighted by Crippen LogP contribution is 2.08. The Kier molecular flexibility index (Phi) is 7.46. The molecule has 0 saturated carbocycles. The van der Waals surface area contributed by atoms with Gasteiger partial charge in [-0.25, -0.2) is 4.79 Å².